The number of azo groups is 1. The number of carbonyl (C=O) groups excluding carboxylic acids is 1. The highest BCUT2D eigenvalue weighted by molar-refractivity contribution is 6.02. The first-order valence-corrected chi connectivity index (χ1v) is 3.13. The topological polar surface area (TPSA) is 67.8 Å². The van der Waals surface area contributed by atoms with Gasteiger partial charge in [-0.05, 0) is 18.2 Å². The van der Waals surface area contributed by atoms with Gasteiger partial charge in [-0.15, -0.1) is 22.6 Å². The van der Waals surface area contributed by atoms with E-state index in [2.05, 4.69) is 10.2 Å². The van der Waals surface area contributed by atoms with Crippen molar-refractivity contribution in [2.45, 2.75) is 0 Å². The average molecular weight is 184 g/mol. The molecule has 0 aromatic heterocycles. The summed E-state index contributed by atoms with van der Waals surface area (Å²) in [5.41, 5.74) is 7.11. The smallest absolute Gasteiger partial charge is 0.297 e. The van der Waals surface area contributed by atoms with Gasteiger partial charge in [-0.3, -0.25) is 4.79 Å². The molecule has 0 fully saturated rings. The predicted octanol–water partition coefficient (Wildman–Crippen LogP) is 1.93. The molecule has 2 rings (SSSR count). The molecule has 4 nitrogen and oxygen atoms in total. The second-order valence-electron chi connectivity index (χ2n) is 2.28. The number of halogens is 1. The van der Waals surface area contributed by atoms with Gasteiger partial charge in [0.05, 0.1) is 11.3 Å². The Morgan fingerprint density at radius 2 is 2.00 bits per heavy atom. The summed E-state index contributed by atoms with van der Waals surface area (Å²) < 4.78 is 0. The molecule has 0 saturated carbocycles. The van der Waals surface area contributed by atoms with Gasteiger partial charge in [0.2, 0.25) is 0 Å². The predicted molar refractivity (Wildman–Crippen MR) is 46.9 cm³/mol. The minimum absolute atomic E-state index is 0. The molecule has 0 aliphatic carbocycles. The van der Waals surface area contributed by atoms with Crippen LogP contribution in [0.4, 0.5) is 11.4 Å². The van der Waals surface area contributed by atoms with E-state index in [1.807, 2.05) is 0 Å². The summed E-state index contributed by atoms with van der Waals surface area (Å²) in [6.07, 6.45) is 0. The van der Waals surface area contributed by atoms with E-state index in [1.54, 1.807) is 18.2 Å². The van der Waals surface area contributed by atoms with E-state index in [1.165, 1.54) is 0 Å². The molecular weight excluding hydrogens is 178 g/mol. The molecule has 0 saturated heterocycles. The molecule has 1 heterocycles. The van der Waals surface area contributed by atoms with Gasteiger partial charge in [0.15, 0.2) is 0 Å². The lowest BCUT2D eigenvalue weighted by Gasteiger charge is -1.93. The Morgan fingerprint density at radius 1 is 1.25 bits per heavy atom. The summed E-state index contributed by atoms with van der Waals surface area (Å²) in [6, 6.07) is 4.95. The zero-order valence-electron chi connectivity index (χ0n) is 6.02. The van der Waals surface area contributed by atoms with Crippen molar-refractivity contribution in [3.05, 3.63) is 23.8 Å². The molecule has 1 amide bonds. The van der Waals surface area contributed by atoms with E-state index >= 15 is 0 Å². The van der Waals surface area contributed by atoms with Crippen LogP contribution in [0.1, 0.15) is 10.4 Å². The third-order valence-electron chi connectivity index (χ3n) is 1.50. The van der Waals surface area contributed by atoms with Crippen molar-refractivity contribution in [3.63, 3.8) is 0 Å². The second-order valence-corrected chi connectivity index (χ2v) is 2.28. The number of nitrogens with zero attached hydrogens (tertiary/aromatic N) is 2. The van der Waals surface area contributed by atoms with E-state index < -0.39 is 0 Å². The van der Waals surface area contributed by atoms with Crippen LogP contribution in [-0.2, 0) is 0 Å². The van der Waals surface area contributed by atoms with Crippen molar-refractivity contribution in [2.24, 2.45) is 10.2 Å². The van der Waals surface area contributed by atoms with Crippen molar-refractivity contribution in [2.75, 3.05) is 5.73 Å². The number of nitrogens with two attached hydrogens (primary N) is 1. The summed E-state index contributed by atoms with van der Waals surface area (Å²) in [7, 11) is 0. The number of amides is 1. The summed E-state index contributed by atoms with van der Waals surface area (Å²) in [6.45, 7) is 0. The monoisotopic (exact) mass is 183 g/mol. The Balaban J connectivity index is 0.000000720. The highest BCUT2D eigenvalue weighted by Crippen LogP contribution is 2.27. The number of hydrogen-bond donors (Lipinski definition) is 1. The maximum absolute atomic E-state index is 10.9. The first-order chi connectivity index (χ1) is 5.27. The van der Waals surface area contributed by atoms with Gasteiger partial charge in [0.1, 0.15) is 0 Å². The van der Waals surface area contributed by atoms with Gasteiger partial charge in [-0.25, -0.2) is 0 Å². The summed E-state index contributed by atoms with van der Waals surface area (Å²) in [5.74, 6) is -0.313. The molecule has 5 heteroatoms. The number of hydrogen-bond acceptors (Lipinski definition) is 3. The van der Waals surface area contributed by atoms with Crippen molar-refractivity contribution < 1.29 is 4.79 Å². The second kappa shape index (κ2) is 2.91. The van der Waals surface area contributed by atoms with Crippen molar-refractivity contribution in [1.29, 1.82) is 0 Å². The maximum atomic E-state index is 10.9. The molecule has 2 N–H and O–H groups in total. The molecule has 0 atom stereocenters. The highest BCUT2D eigenvalue weighted by atomic mass is 35.5. The lowest BCUT2D eigenvalue weighted by Crippen LogP contribution is -1.91. The van der Waals surface area contributed by atoms with E-state index in [-0.39, 0.29) is 18.3 Å². The average Bonchev–Trinajstić information content (AvgIpc) is 2.33. The van der Waals surface area contributed by atoms with E-state index in [0.717, 1.165) is 0 Å². The third-order valence-corrected chi connectivity index (χ3v) is 1.50. The Kier molecular flexibility index (Phi) is 2.10. The molecule has 1 aromatic rings. The maximum Gasteiger partial charge on any atom is 0.297 e. The van der Waals surface area contributed by atoms with Crippen LogP contribution in [0.5, 0.6) is 0 Å². The van der Waals surface area contributed by atoms with E-state index in [9.17, 15) is 4.79 Å². The van der Waals surface area contributed by atoms with Crippen LogP contribution in [0.3, 0.4) is 0 Å². The van der Waals surface area contributed by atoms with Crippen LogP contribution >= 0.6 is 12.4 Å². The fourth-order valence-corrected chi connectivity index (χ4v) is 0.965. The molecule has 0 radical (unpaired) electrons. The minimum Gasteiger partial charge on any atom is -0.399 e. The van der Waals surface area contributed by atoms with Crippen molar-refractivity contribution in [1.82, 2.24) is 0 Å². The third kappa shape index (κ3) is 1.16. The number of nitrogen functional groups attached to an aromatic ring is 1. The standard InChI is InChI=1S/C7H5N3O.ClH/c8-4-1-2-6-5(3-4)7(11)10-9-6;/h1-3H,8H2;1H. The van der Waals surface area contributed by atoms with Crippen LogP contribution in [0.2, 0.25) is 0 Å². The fourth-order valence-electron chi connectivity index (χ4n) is 0.965. The number of benzene rings is 1. The molecule has 0 spiro atoms. The minimum atomic E-state index is -0.313. The van der Waals surface area contributed by atoms with E-state index in [0.29, 0.717) is 16.9 Å². The van der Waals surface area contributed by atoms with Crippen molar-refractivity contribution in [3.8, 4) is 0 Å². The van der Waals surface area contributed by atoms with Gasteiger partial charge < -0.3 is 5.73 Å². The summed E-state index contributed by atoms with van der Waals surface area (Å²) in [4.78, 5) is 10.9. The van der Waals surface area contributed by atoms with Gasteiger partial charge in [0, 0.05) is 5.69 Å². The number of fused-ring (bicyclic) bond motifs is 1. The number of anilines is 1. The first kappa shape index (κ1) is 8.67. The lowest BCUT2D eigenvalue weighted by molar-refractivity contribution is 0.100. The molecule has 1 aromatic carbocycles. The van der Waals surface area contributed by atoms with Crippen LogP contribution in [0.15, 0.2) is 28.4 Å². The SMILES string of the molecule is Cl.Nc1ccc2c(c1)C(=O)N=N2. The van der Waals surface area contributed by atoms with Crippen molar-refractivity contribution >= 4 is 29.7 Å². The lowest BCUT2D eigenvalue weighted by atomic mass is 10.1. The Labute approximate surface area is 74.9 Å². The zero-order chi connectivity index (χ0) is 7.84. The molecular formula is C7H6ClN3O. The number of carbonyl (C=O) groups is 1. The molecule has 0 bridgehead atoms. The van der Waals surface area contributed by atoms with Gasteiger partial charge >= 0.3 is 0 Å². The Hall–Kier alpha value is -1.42. The first-order valence-electron chi connectivity index (χ1n) is 3.13. The largest absolute Gasteiger partial charge is 0.399 e. The van der Waals surface area contributed by atoms with E-state index in [4.69, 9.17) is 5.73 Å². The van der Waals surface area contributed by atoms with Crippen LogP contribution < -0.4 is 5.73 Å². The van der Waals surface area contributed by atoms with Gasteiger partial charge in [0.25, 0.3) is 5.91 Å². The fraction of sp³-hybridized carbons (Fsp3) is 0. The summed E-state index contributed by atoms with van der Waals surface area (Å²) >= 11 is 0. The van der Waals surface area contributed by atoms with Crippen LogP contribution in [0, 0.1) is 0 Å². The van der Waals surface area contributed by atoms with Gasteiger partial charge in [-0.2, -0.15) is 0 Å². The molecule has 1 aliphatic rings. The Bertz CT molecular complexity index is 362. The normalized spacial score (nSPS) is 12.5. The highest BCUT2D eigenvalue weighted by Gasteiger charge is 2.16. The zero-order valence-corrected chi connectivity index (χ0v) is 6.84. The molecule has 12 heavy (non-hydrogen) atoms. The summed E-state index contributed by atoms with van der Waals surface area (Å²) in [5, 5.41) is 7.02. The number of rotatable bonds is 0. The van der Waals surface area contributed by atoms with Crippen LogP contribution in [-0.4, -0.2) is 5.91 Å². The van der Waals surface area contributed by atoms with Crippen LogP contribution in [0.25, 0.3) is 0 Å². The Morgan fingerprint density at radius 3 is 2.75 bits per heavy atom. The molecule has 1 aliphatic heterocycles. The quantitative estimate of drug-likeness (QED) is 0.625. The molecule has 0 unspecified atom stereocenters. The van der Waals surface area contributed by atoms with Gasteiger partial charge in [-0.1, -0.05) is 0 Å². The molecule has 62 valence electrons.